The molecule has 8 heteroatoms. The van der Waals surface area contributed by atoms with Crippen molar-refractivity contribution in [3.8, 4) is 22.1 Å². The number of rotatable bonds is 5. The normalized spacial score (nSPS) is 18.5. The van der Waals surface area contributed by atoms with Crippen LogP contribution in [-0.2, 0) is 4.79 Å². The van der Waals surface area contributed by atoms with Gasteiger partial charge in [-0.1, -0.05) is 0 Å². The molecule has 1 saturated heterocycles. The Morgan fingerprint density at radius 3 is 3.00 bits per heavy atom. The fourth-order valence-corrected chi connectivity index (χ4v) is 4.38. The summed E-state index contributed by atoms with van der Waals surface area (Å²) >= 11 is 1.36. The van der Waals surface area contributed by atoms with Gasteiger partial charge >= 0.3 is 5.97 Å². The predicted molar refractivity (Wildman–Crippen MR) is 99.2 cm³/mol. The molecule has 2 aliphatic heterocycles. The van der Waals surface area contributed by atoms with Gasteiger partial charge in [-0.3, -0.25) is 9.59 Å². The number of hydrogen-bond donors (Lipinski definition) is 1. The molecule has 0 radical (unpaired) electrons. The van der Waals surface area contributed by atoms with Gasteiger partial charge in [0.2, 0.25) is 6.79 Å². The Balaban J connectivity index is 1.44. The third-order valence-electron chi connectivity index (χ3n) is 4.91. The zero-order valence-corrected chi connectivity index (χ0v) is 15.5. The molecule has 1 atom stereocenters. The zero-order chi connectivity index (χ0) is 18.8. The molecule has 3 heterocycles. The smallest absolute Gasteiger partial charge is 0.303 e. The van der Waals surface area contributed by atoms with Gasteiger partial charge < -0.3 is 19.5 Å². The molecule has 2 aliphatic rings. The van der Waals surface area contributed by atoms with Gasteiger partial charge in [0.15, 0.2) is 11.5 Å². The number of aromatic nitrogens is 1. The highest BCUT2D eigenvalue weighted by Gasteiger charge is 2.26. The number of carbonyl (C=O) groups is 2. The first-order valence-corrected chi connectivity index (χ1v) is 9.79. The topological polar surface area (TPSA) is 89.0 Å². The van der Waals surface area contributed by atoms with E-state index >= 15 is 0 Å². The van der Waals surface area contributed by atoms with Crippen LogP contribution in [0.2, 0.25) is 0 Å². The van der Waals surface area contributed by atoms with E-state index in [4.69, 9.17) is 14.6 Å². The van der Waals surface area contributed by atoms with Gasteiger partial charge in [0.25, 0.3) is 5.91 Å². The summed E-state index contributed by atoms with van der Waals surface area (Å²) in [4.78, 5) is 30.5. The number of carboxylic acid groups (broad SMARTS) is 1. The van der Waals surface area contributed by atoms with Crippen LogP contribution in [0.3, 0.4) is 0 Å². The molecule has 1 aromatic heterocycles. The number of thiazole rings is 1. The molecule has 142 valence electrons. The number of piperidine rings is 1. The summed E-state index contributed by atoms with van der Waals surface area (Å²) in [5.41, 5.74) is 0.890. The van der Waals surface area contributed by atoms with Gasteiger partial charge in [-0.05, 0) is 43.4 Å². The fraction of sp³-hybridized carbons (Fsp3) is 0.421. The first kappa shape index (κ1) is 17.8. The van der Waals surface area contributed by atoms with Gasteiger partial charge in [-0.25, -0.2) is 4.98 Å². The number of ether oxygens (including phenoxy) is 2. The Morgan fingerprint density at radius 1 is 1.30 bits per heavy atom. The van der Waals surface area contributed by atoms with Crippen molar-refractivity contribution in [2.24, 2.45) is 5.92 Å². The number of likely N-dealkylation sites (tertiary alicyclic amines) is 1. The SMILES string of the molecule is O=C(O)CCC1CCCN(C(=O)c2cnc(-c3ccc4c(c3)OCO4)s2)C1. The molecule has 1 N–H and O–H groups in total. The van der Waals surface area contributed by atoms with E-state index < -0.39 is 5.97 Å². The van der Waals surface area contributed by atoms with E-state index in [2.05, 4.69) is 4.98 Å². The lowest BCUT2D eigenvalue weighted by atomic mass is 9.93. The molecular weight excluding hydrogens is 368 g/mol. The molecule has 0 aliphatic carbocycles. The van der Waals surface area contributed by atoms with Crippen LogP contribution in [0, 0.1) is 5.92 Å². The van der Waals surface area contributed by atoms with Gasteiger partial charge in [-0.2, -0.15) is 0 Å². The average Bonchev–Trinajstić information content (AvgIpc) is 3.34. The first-order valence-electron chi connectivity index (χ1n) is 8.97. The second-order valence-corrected chi connectivity index (χ2v) is 7.82. The van der Waals surface area contributed by atoms with Gasteiger partial charge in [0, 0.05) is 25.1 Å². The Hall–Kier alpha value is -2.61. The van der Waals surface area contributed by atoms with Crippen LogP contribution in [0.5, 0.6) is 11.5 Å². The van der Waals surface area contributed by atoms with E-state index in [1.165, 1.54) is 11.3 Å². The molecule has 7 nitrogen and oxygen atoms in total. The van der Waals surface area contributed by atoms with Crippen molar-refractivity contribution in [1.82, 2.24) is 9.88 Å². The zero-order valence-electron chi connectivity index (χ0n) is 14.7. The van der Waals surface area contributed by atoms with E-state index in [1.54, 1.807) is 6.20 Å². The lowest BCUT2D eigenvalue weighted by Crippen LogP contribution is -2.39. The third kappa shape index (κ3) is 3.90. The Morgan fingerprint density at radius 2 is 2.15 bits per heavy atom. The van der Waals surface area contributed by atoms with Gasteiger partial charge in [0.1, 0.15) is 9.88 Å². The molecule has 0 spiro atoms. The van der Waals surface area contributed by atoms with E-state index in [1.807, 2.05) is 23.1 Å². The molecule has 27 heavy (non-hydrogen) atoms. The minimum absolute atomic E-state index is 0.0282. The van der Waals surface area contributed by atoms with Crippen LogP contribution in [0.15, 0.2) is 24.4 Å². The summed E-state index contributed by atoms with van der Waals surface area (Å²) in [5.74, 6) is 0.842. The number of benzene rings is 1. The van der Waals surface area contributed by atoms with Gasteiger partial charge in [0.05, 0.1) is 6.20 Å². The standard InChI is InChI=1S/C19H20N2O5S/c22-17(23)6-3-12-2-1-7-21(10-12)19(24)16-9-20-18(27-16)13-4-5-14-15(8-13)26-11-25-14/h4-5,8-9,12H,1-3,6-7,10-11H2,(H,22,23). The Bertz CT molecular complexity index is 866. The molecule has 4 rings (SSSR count). The first-order chi connectivity index (χ1) is 13.1. The molecule has 1 amide bonds. The quantitative estimate of drug-likeness (QED) is 0.846. The second-order valence-electron chi connectivity index (χ2n) is 6.79. The van der Waals surface area contributed by atoms with Crippen molar-refractivity contribution < 1.29 is 24.2 Å². The number of aliphatic carboxylic acids is 1. The Labute approximate surface area is 160 Å². The summed E-state index contributed by atoms with van der Waals surface area (Å²) in [6.45, 7) is 1.54. The summed E-state index contributed by atoms with van der Waals surface area (Å²) < 4.78 is 10.7. The van der Waals surface area contributed by atoms with Gasteiger partial charge in [-0.15, -0.1) is 11.3 Å². The second kappa shape index (κ2) is 7.56. The molecular formula is C19H20N2O5S. The maximum Gasteiger partial charge on any atom is 0.303 e. The van der Waals surface area contributed by atoms with E-state index in [0.29, 0.717) is 35.9 Å². The van der Waals surface area contributed by atoms with E-state index in [9.17, 15) is 9.59 Å². The van der Waals surface area contributed by atoms with Crippen molar-refractivity contribution >= 4 is 23.2 Å². The largest absolute Gasteiger partial charge is 0.481 e. The number of amides is 1. The molecule has 0 saturated carbocycles. The van der Waals surface area contributed by atoms with E-state index in [0.717, 1.165) is 23.4 Å². The minimum Gasteiger partial charge on any atom is -0.481 e. The lowest BCUT2D eigenvalue weighted by molar-refractivity contribution is -0.137. The van der Waals surface area contributed by atoms with Crippen LogP contribution in [0.4, 0.5) is 0 Å². The number of carboxylic acids is 1. The third-order valence-corrected chi connectivity index (χ3v) is 5.94. The van der Waals surface area contributed by atoms with Crippen molar-refractivity contribution in [1.29, 1.82) is 0 Å². The van der Waals surface area contributed by atoms with Crippen molar-refractivity contribution in [2.75, 3.05) is 19.9 Å². The van der Waals surface area contributed by atoms with Crippen LogP contribution >= 0.6 is 11.3 Å². The molecule has 1 fully saturated rings. The number of hydrogen-bond acceptors (Lipinski definition) is 6. The molecule has 2 aromatic rings. The highest BCUT2D eigenvalue weighted by Crippen LogP contribution is 2.37. The van der Waals surface area contributed by atoms with Crippen LogP contribution in [-0.4, -0.2) is 46.7 Å². The maximum absolute atomic E-state index is 12.9. The molecule has 1 aromatic carbocycles. The summed E-state index contributed by atoms with van der Waals surface area (Å²) in [7, 11) is 0. The fourth-order valence-electron chi connectivity index (χ4n) is 3.50. The molecule has 0 bridgehead atoms. The van der Waals surface area contributed by atoms with Crippen molar-refractivity contribution in [3.05, 3.63) is 29.3 Å². The van der Waals surface area contributed by atoms with Crippen LogP contribution < -0.4 is 9.47 Å². The number of carbonyl (C=O) groups excluding carboxylic acids is 1. The number of nitrogens with zero attached hydrogens (tertiary/aromatic N) is 2. The highest BCUT2D eigenvalue weighted by atomic mass is 32.1. The summed E-state index contributed by atoms with van der Waals surface area (Å²) in [6, 6.07) is 5.62. The average molecular weight is 388 g/mol. The lowest BCUT2D eigenvalue weighted by Gasteiger charge is -2.32. The van der Waals surface area contributed by atoms with Crippen LogP contribution in [0.25, 0.3) is 10.6 Å². The van der Waals surface area contributed by atoms with Crippen LogP contribution in [0.1, 0.15) is 35.4 Å². The predicted octanol–water partition coefficient (Wildman–Crippen LogP) is 3.26. The monoisotopic (exact) mass is 388 g/mol. The van der Waals surface area contributed by atoms with E-state index in [-0.39, 0.29) is 25.0 Å². The Kier molecular flexibility index (Phi) is 4.98. The molecule has 1 unspecified atom stereocenters. The van der Waals surface area contributed by atoms with Crippen molar-refractivity contribution in [3.63, 3.8) is 0 Å². The summed E-state index contributed by atoms with van der Waals surface area (Å²) in [5, 5.41) is 9.62. The maximum atomic E-state index is 12.9. The summed E-state index contributed by atoms with van der Waals surface area (Å²) in [6.07, 6.45) is 4.27. The van der Waals surface area contributed by atoms with Crippen molar-refractivity contribution in [2.45, 2.75) is 25.7 Å². The number of fused-ring (bicyclic) bond motifs is 1. The highest BCUT2D eigenvalue weighted by molar-refractivity contribution is 7.16. The minimum atomic E-state index is -0.783.